The van der Waals surface area contributed by atoms with Gasteiger partial charge in [-0.1, -0.05) is 17.3 Å². The molecule has 0 radical (unpaired) electrons. The number of nitrogens with zero attached hydrogens (tertiary/aromatic N) is 3. The van der Waals surface area contributed by atoms with E-state index in [2.05, 4.69) is 10.3 Å². The molecule has 3 aromatic rings. The summed E-state index contributed by atoms with van der Waals surface area (Å²) in [4.78, 5) is 11.6. The molecule has 0 saturated carbocycles. The Labute approximate surface area is 149 Å². The minimum Gasteiger partial charge on any atom is -0.497 e. The lowest BCUT2D eigenvalue weighted by Crippen LogP contribution is -2.04. The number of carboxylic acids is 1. The van der Waals surface area contributed by atoms with Crippen molar-refractivity contribution in [1.29, 1.82) is 0 Å². The topological polar surface area (TPSA) is 95.7 Å². The number of benzene rings is 2. The number of ether oxygens (including phenoxy) is 3. The molecule has 1 N–H and O–H groups in total. The largest absolute Gasteiger partial charge is 0.497 e. The average Bonchev–Trinajstić information content (AvgIpc) is 3.13. The maximum absolute atomic E-state index is 11.6. The minimum atomic E-state index is -1.18. The molecule has 0 atom stereocenters. The first-order chi connectivity index (χ1) is 12.6. The van der Waals surface area contributed by atoms with E-state index in [9.17, 15) is 9.90 Å². The number of methoxy groups -OCH3 is 3. The minimum absolute atomic E-state index is 0.167. The van der Waals surface area contributed by atoms with Crippen molar-refractivity contribution in [3.8, 4) is 34.2 Å². The number of carbonyl (C=O) groups is 1. The molecule has 1 aromatic heterocycles. The zero-order valence-corrected chi connectivity index (χ0v) is 14.5. The van der Waals surface area contributed by atoms with Crippen molar-refractivity contribution in [2.24, 2.45) is 0 Å². The van der Waals surface area contributed by atoms with Gasteiger partial charge in [-0.15, -0.1) is 5.10 Å². The van der Waals surface area contributed by atoms with Gasteiger partial charge in [-0.25, -0.2) is 9.48 Å². The van der Waals surface area contributed by atoms with E-state index in [0.717, 1.165) is 0 Å². The van der Waals surface area contributed by atoms with Gasteiger partial charge in [0.05, 0.1) is 27.0 Å². The first kappa shape index (κ1) is 17.3. The number of hydrogen-bond donors (Lipinski definition) is 1. The molecule has 0 bridgehead atoms. The first-order valence-electron chi connectivity index (χ1n) is 7.64. The maximum atomic E-state index is 11.6. The van der Waals surface area contributed by atoms with Crippen molar-refractivity contribution in [3.05, 3.63) is 48.2 Å². The summed E-state index contributed by atoms with van der Waals surface area (Å²) >= 11 is 0. The summed E-state index contributed by atoms with van der Waals surface area (Å²) < 4.78 is 17.2. The Morgan fingerprint density at radius 1 is 0.962 bits per heavy atom. The molecule has 0 fully saturated rings. The summed E-state index contributed by atoms with van der Waals surface area (Å²) in [6, 6.07) is 12.2. The number of aromatic nitrogens is 3. The second kappa shape index (κ2) is 7.14. The monoisotopic (exact) mass is 355 g/mol. The third kappa shape index (κ3) is 3.16. The van der Waals surface area contributed by atoms with Crippen molar-refractivity contribution in [1.82, 2.24) is 15.0 Å². The number of rotatable bonds is 6. The highest BCUT2D eigenvalue weighted by Gasteiger charge is 2.22. The Hall–Kier alpha value is -3.55. The fourth-order valence-corrected chi connectivity index (χ4v) is 2.55. The van der Waals surface area contributed by atoms with Gasteiger partial charge in [0.1, 0.15) is 22.9 Å². The van der Waals surface area contributed by atoms with Gasteiger partial charge >= 0.3 is 5.97 Å². The van der Waals surface area contributed by atoms with Crippen molar-refractivity contribution < 1.29 is 24.1 Å². The van der Waals surface area contributed by atoms with Crippen LogP contribution in [0.4, 0.5) is 0 Å². The number of carboxylic acid groups (broad SMARTS) is 1. The van der Waals surface area contributed by atoms with E-state index in [1.165, 1.54) is 18.9 Å². The van der Waals surface area contributed by atoms with Crippen molar-refractivity contribution >= 4 is 5.97 Å². The summed E-state index contributed by atoms with van der Waals surface area (Å²) in [5.74, 6) is 0.505. The molecule has 0 saturated heterocycles. The van der Waals surface area contributed by atoms with Crippen LogP contribution in [0, 0.1) is 0 Å². The van der Waals surface area contributed by atoms with Crippen LogP contribution in [0.3, 0.4) is 0 Å². The van der Waals surface area contributed by atoms with Gasteiger partial charge in [0.25, 0.3) is 0 Å². The summed E-state index contributed by atoms with van der Waals surface area (Å²) in [5.41, 5.74) is 1.32. The van der Waals surface area contributed by atoms with E-state index < -0.39 is 5.97 Å². The van der Waals surface area contributed by atoms with Gasteiger partial charge in [0.15, 0.2) is 5.69 Å². The molecule has 8 heteroatoms. The van der Waals surface area contributed by atoms with E-state index in [1.807, 2.05) is 0 Å². The third-order valence-corrected chi connectivity index (χ3v) is 3.80. The number of aromatic carboxylic acids is 1. The Balaban J connectivity index is 2.25. The second-order valence-corrected chi connectivity index (χ2v) is 5.31. The van der Waals surface area contributed by atoms with Crippen LogP contribution in [-0.4, -0.2) is 47.4 Å². The predicted molar refractivity (Wildman–Crippen MR) is 93.4 cm³/mol. The van der Waals surface area contributed by atoms with Crippen LogP contribution in [-0.2, 0) is 0 Å². The SMILES string of the molecule is COc1cccc(-c2c(C(=O)O)nnn2-c2cc(OC)cc(OC)c2)c1. The lowest BCUT2D eigenvalue weighted by Gasteiger charge is -2.11. The zero-order valence-electron chi connectivity index (χ0n) is 14.5. The van der Waals surface area contributed by atoms with Crippen molar-refractivity contribution in [2.45, 2.75) is 0 Å². The van der Waals surface area contributed by atoms with E-state index in [-0.39, 0.29) is 5.69 Å². The van der Waals surface area contributed by atoms with Gasteiger partial charge in [-0.2, -0.15) is 0 Å². The molecule has 0 amide bonds. The Morgan fingerprint density at radius 3 is 2.19 bits per heavy atom. The smallest absolute Gasteiger partial charge is 0.358 e. The van der Waals surface area contributed by atoms with Crippen LogP contribution >= 0.6 is 0 Å². The second-order valence-electron chi connectivity index (χ2n) is 5.31. The summed E-state index contributed by atoms with van der Waals surface area (Å²) in [6.45, 7) is 0. The van der Waals surface area contributed by atoms with E-state index >= 15 is 0 Å². The molecule has 0 aliphatic heterocycles. The molecule has 1 heterocycles. The van der Waals surface area contributed by atoms with E-state index in [1.54, 1.807) is 49.6 Å². The van der Waals surface area contributed by atoms with Gasteiger partial charge in [0.2, 0.25) is 0 Å². The lowest BCUT2D eigenvalue weighted by atomic mass is 10.1. The normalized spacial score (nSPS) is 10.4. The predicted octanol–water partition coefficient (Wildman–Crippen LogP) is 2.66. The molecule has 0 spiro atoms. The Morgan fingerprint density at radius 2 is 1.62 bits per heavy atom. The highest BCUT2D eigenvalue weighted by molar-refractivity contribution is 5.93. The summed E-state index contributed by atoms with van der Waals surface area (Å²) in [7, 11) is 4.61. The highest BCUT2D eigenvalue weighted by Crippen LogP contribution is 2.31. The van der Waals surface area contributed by atoms with Crippen LogP contribution in [0.5, 0.6) is 17.2 Å². The van der Waals surface area contributed by atoms with Crippen LogP contribution in [0.15, 0.2) is 42.5 Å². The van der Waals surface area contributed by atoms with Gasteiger partial charge in [0, 0.05) is 23.8 Å². The molecule has 3 rings (SSSR count). The zero-order chi connectivity index (χ0) is 18.7. The Bertz CT molecular complexity index is 929. The van der Waals surface area contributed by atoms with Crippen molar-refractivity contribution in [3.63, 3.8) is 0 Å². The number of hydrogen-bond acceptors (Lipinski definition) is 6. The fraction of sp³-hybridized carbons (Fsp3) is 0.167. The highest BCUT2D eigenvalue weighted by atomic mass is 16.5. The molecular formula is C18H17N3O5. The van der Waals surface area contributed by atoms with Gasteiger partial charge < -0.3 is 19.3 Å². The lowest BCUT2D eigenvalue weighted by molar-refractivity contribution is 0.0691. The molecule has 2 aromatic carbocycles. The maximum Gasteiger partial charge on any atom is 0.358 e. The average molecular weight is 355 g/mol. The van der Waals surface area contributed by atoms with Crippen molar-refractivity contribution in [2.75, 3.05) is 21.3 Å². The van der Waals surface area contributed by atoms with Crippen LogP contribution in [0.25, 0.3) is 16.9 Å². The molecule has 0 unspecified atom stereocenters. The van der Waals surface area contributed by atoms with Gasteiger partial charge in [-0.3, -0.25) is 0 Å². The van der Waals surface area contributed by atoms with Crippen LogP contribution in [0.2, 0.25) is 0 Å². The van der Waals surface area contributed by atoms with E-state index in [4.69, 9.17) is 14.2 Å². The standard InChI is InChI=1S/C18H17N3O5/c1-24-13-6-4-5-11(7-13)17-16(18(22)23)19-20-21(17)12-8-14(25-2)10-15(9-12)26-3/h4-10H,1-3H3,(H,22,23). The molecular weight excluding hydrogens is 338 g/mol. The summed E-state index contributed by atoms with van der Waals surface area (Å²) in [6.07, 6.45) is 0. The van der Waals surface area contributed by atoms with E-state index in [0.29, 0.717) is 34.2 Å². The third-order valence-electron chi connectivity index (χ3n) is 3.80. The molecule has 0 aliphatic carbocycles. The fourth-order valence-electron chi connectivity index (χ4n) is 2.55. The molecule has 8 nitrogen and oxygen atoms in total. The Kier molecular flexibility index (Phi) is 4.74. The molecule has 134 valence electrons. The van der Waals surface area contributed by atoms with Crippen LogP contribution in [0.1, 0.15) is 10.5 Å². The van der Waals surface area contributed by atoms with Gasteiger partial charge in [-0.05, 0) is 12.1 Å². The quantitative estimate of drug-likeness (QED) is 0.726. The molecule has 26 heavy (non-hydrogen) atoms. The first-order valence-corrected chi connectivity index (χ1v) is 7.64. The molecule has 0 aliphatic rings. The van der Waals surface area contributed by atoms with Crippen LogP contribution < -0.4 is 14.2 Å². The summed E-state index contributed by atoms with van der Waals surface area (Å²) in [5, 5.41) is 17.4.